The number of aliphatic hydroxyl groups is 1. The van der Waals surface area contributed by atoms with Gasteiger partial charge in [0.25, 0.3) is 0 Å². The molecule has 0 bridgehead atoms. The van der Waals surface area contributed by atoms with E-state index in [9.17, 15) is 9.90 Å². The van der Waals surface area contributed by atoms with Crippen LogP contribution in [0.1, 0.15) is 79.7 Å². The number of nitrogens with zero attached hydrogens (tertiary/aromatic N) is 2. The molecule has 0 saturated carbocycles. The third kappa shape index (κ3) is 7.98. The summed E-state index contributed by atoms with van der Waals surface area (Å²) >= 11 is 1.77. The van der Waals surface area contributed by atoms with E-state index >= 15 is 0 Å². The average Bonchev–Trinajstić information content (AvgIpc) is 3.36. The van der Waals surface area contributed by atoms with Crippen LogP contribution in [0.3, 0.4) is 0 Å². The van der Waals surface area contributed by atoms with Crippen LogP contribution in [0.25, 0.3) is 42.3 Å². The predicted molar refractivity (Wildman–Crippen MR) is 179 cm³/mol. The van der Waals surface area contributed by atoms with Gasteiger partial charge >= 0.3 is 0 Å². The molecule has 6 heteroatoms. The van der Waals surface area contributed by atoms with Crippen molar-refractivity contribution in [1.82, 2.24) is 9.97 Å². The number of allylic oxidation sites excluding steroid dienone is 2. The maximum absolute atomic E-state index is 11.7. The Morgan fingerprint density at radius 3 is 2.26 bits per heavy atom. The number of benzene rings is 3. The van der Waals surface area contributed by atoms with E-state index < -0.39 is 0 Å². The minimum Gasteiger partial charge on any atom is -0.512 e. The van der Waals surface area contributed by atoms with Crippen molar-refractivity contribution < 1.29 is 30.0 Å². The molecule has 0 unspecified atom stereocenters. The van der Waals surface area contributed by atoms with Crippen molar-refractivity contribution in [2.24, 2.45) is 11.8 Å². The first-order valence-corrected chi connectivity index (χ1v) is 16.0. The third-order valence-electron chi connectivity index (χ3n) is 8.12. The Kier molecular flexibility index (Phi) is 12.2. The Hall–Kier alpha value is -2.92. The van der Waals surface area contributed by atoms with Gasteiger partial charge < -0.3 is 5.11 Å². The molecule has 43 heavy (non-hydrogen) atoms. The second kappa shape index (κ2) is 15.2. The Morgan fingerprint density at radius 2 is 1.60 bits per heavy atom. The second-order valence-electron chi connectivity index (χ2n) is 11.9. The number of carbonyl (C=O) groups is 1. The van der Waals surface area contributed by atoms with Gasteiger partial charge in [-0.15, -0.1) is 41.0 Å². The summed E-state index contributed by atoms with van der Waals surface area (Å²) in [6, 6.07) is 22.8. The van der Waals surface area contributed by atoms with Gasteiger partial charge in [0.1, 0.15) is 6.33 Å². The van der Waals surface area contributed by atoms with Gasteiger partial charge in [-0.1, -0.05) is 89.7 Å². The fraction of sp³-hybridized carbons (Fsp3) is 0.378. The third-order valence-corrected chi connectivity index (χ3v) is 9.26. The van der Waals surface area contributed by atoms with E-state index in [-0.39, 0.29) is 48.9 Å². The van der Waals surface area contributed by atoms with Crippen molar-refractivity contribution in [3.05, 3.63) is 84.4 Å². The van der Waals surface area contributed by atoms with Crippen molar-refractivity contribution in [3.8, 4) is 11.3 Å². The van der Waals surface area contributed by atoms with Gasteiger partial charge in [-0.25, -0.2) is 4.98 Å². The summed E-state index contributed by atoms with van der Waals surface area (Å²) in [6.07, 6.45) is 6.58. The molecule has 0 fully saturated rings. The van der Waals surface area contributed by atoms with Crippen LogP contribution in [0.15, 0.2) is 72.8 Å². The van der Waals surface area contributed by atoms with E-state index in [0.717, 1.165) is 52.5 Å². The molecule has 4 nitrogen and oxygen atoms in total. The molecule has 2 heterocycles. The standard InChI is InChI=1S/C24H19N2S.C13H24O2.Ir/c1-24(2,3)18-10-11-19-20(13-18)27-23-21(25-14-26-22(19)23)17-9-8-15-6-4-5-7-16(15)12-17;1-5-10(6-2)12(14)9-13(15)11(7-3)8-4;/h4-11,13-14H,1-3H3;9-11,14H,5-8H2,1-4H3;/q-1;;/b;12-9-;. The molecule has 0 aliphatic heterocycles. The number of aromatic nitrogens is 2. The van der Waals surface area contributed by atoms with Gasteiger partial charge in [-0.05, 0) is 42.7 Å². The summed E-state index contributed by atoms with van der Waals surface area (Å²) in [7, 11) is 0. The van der Waals surface area contributed by atoms with E-state index in [1.807, 2.05) is 33.8 Å². The summed E-state index contributed by atoms with van der Waals surface area (Å²) in [5, 5.41) is 13.3. The molecule has 2 aromatic heterocycles. The molecule has 0 aliphatic rings. The maximum atomic E-state index is 11.7. The van der Waals surface area contributed by atoms with Crippen molar-refractivity contribution in [1.29, 1.82) is 0 Å². The molecule has 5 rings (SSSR count). The molecule has 1 N–H and O–H groups in total. The van der Waals surface area contributed by atoms with Gasteiger partial charge in [0.2, 0.25) is 0 Å². The summed E-state index contributed by atoms with van der Waals surface area (Å²) in [5.41, 5.74) is 4.48. The number of rotatable bonds is 8. The van der Waals surface area contributed by atoms with Gasteiger partial charge in [-0.3, -0.25) is 9.78 Å². The molecule has 1 radical (unpaired) electrons. The van der Waals surface area contributed by atoms with Gasteiger partial charge in [-0.2, -0.15) is 0 Å². The van der Waals surface area contributed by atoms with Crippen molar-refractivity contribution in [2.75, 3.05) is 0 Å². The quantitative estimate of drug-likeness (QED) is 0.0969. The Balaban J connectivity index is 0.000000274. The van der Waals surface area contributed by atoms with Crippen LogP contribution >= 0.6 is 11.3 Å². The molecular weight excluding hydrogens is 729 g/mol. The number of hydrogen-bond donors (Lipinski definition) is 1. The van der Waals surface area contributed by atoms with E-state index in [1.54, 1.807) is 17.7 Å². The number of aliphatic hydroxyl groups excluding tert-OH is 1. The first-order valence-electron chi connectivity index (χ1n) is 15.1. The molecule has 0 amide bonds. The topological polar surface area (TPSA) is 63.1 Å². The van der Waals surface area contributed by atoms with E-state index in [1.165, 1.54) is 27.1 Å². The molecule has 0 spiro atoms. The fourth-order valence-corrected chi connectivity index (χ4v) is 6.47. The molecule has 3 aromatic carbocycles. The summed E-state index contributed by atoms with van der Waals surface area (Å²) in [4.78, 5) is 20.9. The van der Waals surface area contributed by atoms with Crippen LogP contribution < -0.4 is 0 Å². The smallest absolute Gasteiger partial charge is 0.162 e. The Bertz CT molecular complexity index is 1710. The largest absolute Gasteiger partial charge is 0.512 e. The van der Waals surface area contributed by atoms with Crippen LogP contribution in [0, 0.1) is 17.9 Å². The number of hydrogen-bond acceptors (Lipinski definition) is 5. The second-order valence-corrected chi connectivity index (χ2v) is 13.0. The Labute approximate surface area is 274 Å². The number of thiophene rings is 1. The predicted octanol–water partition coefficient (Wildman–Crippen LogP) is 10.6. The van der Waals surface area contributed by atoms with Crippen molar-refractivity contribution in [3.63, 3.8) is 0 Å². The van der Waals surface area contributed by atoms with Gasteiger partial charge in [0, 0.05) is 58.5 Å². The SMILES string of the molecule is CC(C)(C)c1ccc2c(c1)sc1c(-c3[c-]c4ccccc4cc3)ncnc12.CCC(CC)C(=O)/C=C(\O)C(CC)CC.[Ir]. The van der Waals surface area contributed by atoms with Gasteiger partial charge in [0.05, 0.1) is 11.3 Å². The zero-order valence-electron chi connectivity index (χ0n) is 26.3. The van der Waals surface area contributed by atoms with E-state index in [2.05, 4.69) is 85.3 Å². The number of fused-ring (bicyclic) bond motifs is 4. The summed E-state index contributed by atoms with van der Waals surface area (Å²) in [6.45, 7) is 14.8. The van der Waals surface area contributed by atoms with E-state index in [4.69, 9.17) is 0 Å². The molecule has 0 saturated heterocycles. The van der Waals surface area contributed by atoms with Crippen molar-refractivity contribution >= 4 is 48.2 Å². The van der Waals surface area contributed by atoms with Crippen molar-refractivity contribution in [2.45, 2.75) is 79.6 Å². The van der Waals surface area contributed by atoms with E-state index in [0.29, 0.717) is 0 Å². The number of ketones is 1. The maximum Gasteiger partial charge on any atom is 0.162 e. The molecule has 0 aliphatic carbocycles. The molecular formula is C37H43IrN2O2S-. The summed E-state index contributed by atoms with van der Waals surface area (Å²) in [5.74, 6) is 0.547. The average molecular weight is 772 g/mol. The van der Waals surface area contributed by atoms with Crippen LogP contribution in [-0.2, 0) is 30.3 Å². The number of carbonyl (C=O) groups excluding carboxylic acids is 1. The minimum absolute atomic E-state index is 0. The monoisotopic (exact) mass is 772 g/mol. The molecule has 0 atom stereocenters. The van der Waals surface area contributed by atoms with Crippen LogP contribution in [0.5, 0.6) is 0 Å². The molecule has 5 aromatic rings. The zero-order valence-corrected chi connectivity index (χ0v) is 29.5. The van der Waals surface area contributed by atoms with Crippen LogP contribution in [-0.4, -0.2) is 20.9 Å². The molecule has 229 valence electrons. The fourth-order valence-electron chi connectivity index (χ4n) is 5.27. The van der Waals surface area contributed by atoms with Gasteiger partial charge in [0.15, 0.2) is 5.78 Å². The minimum atomic E-state index is 0. The van der Waals surface area contributed by atoms with Crippen LogP contribution in [0.4, 0.5) is 0 Å². The summed E-state index contributed by atoms with van der Waals surface area (Å²) < 4.78 is 2.39. The first-order chi connectivity index (χ1) is 20.1. The normalized spacial score (nSPS) is 12.1. The zero-order chi connectivity index (χ0) is 30.4. The Morgan fingerprint density at radius 1 is 0.930 bits per heavy atom. The van der Waals surface area contributed by atoms with Crippen LogP contribution in [0.2, 0.25) is 0 Å². The first kappa shape index (κ1) is 34.6.